The highest BCUT2D eigenvalue weighted by Gasteiger charge is 2.24. The molecule has 3 heteroatoms. The minimum absolute atomic E-state index is 0.175. The quantitative estimate of drug-likeness (QED) is 0.875. The van der Waals surface area contributed by atoms with Gasteiger partial charge in [-0.15, -0.1) is 0 Å². The van der Waals surface area contributed by atoms with Crippen molar-refractivity contribution in [3.63, 3.8) is 0 Å². The molecule has 0 heterocycles. The maximum Gasteiger partial charge on any atom is 0.123 e. The first-order valence-electron chi connectivity index (χ1n) is 7.33. The number of benzene rings is 1. The van der Waals surface area contributed by atoms with Gasteiger partial charge >= 0.3 is 0 Å². The lowest BCUT2D eigenvalue weighted by Crippen LogP contribution is -2.42. The molecule has 1 saturated carbocycles. The van der Waals surface area contributed by atoms with Gasteiger partial charge in [0.2, 0.25) is 0 Å². The minimum Gasteiger partial charge on any atom is -0.328 e. The Bertz CT molecular complexity index is 388. The number of nitrogens with two attached hydrogens (primary N) is 1. The van der Waals surface area contributed by atoms with E-state index in [1.165, 1.54) is 12.8 Å². The first-order chi connectivity index (χ1) is 9.06. The van der Waals surface area contributed by atoms with Crippen molar-refractivity contribution in [2.24, 2.45) is 11.7 Å². The van der Waals surface area contributed by atoms with E-state index < -0.39 is 0 Å². The number of nitrogens with one attached hydrogen (secondary N) is 1. The van der Waals surface area contributed by atoms with Gasteiger partial charge in [-0.2, -0.15) is 0 Å². The molecule has 2 rings (SSSR count). The molecule has 0 aromatic heterocycles. The van der Waals surface area contributed by atoms with Crippen LogP contribution < -0.4 is 11.1 Å². The van der Waals surface area contributed by atoms with Gasteiger partial charge in [-0.3, -0.25) is 0 Å². The molecule has 3 atom stereocenters. The average Bonchev–Trinajstić information content (AvgIpc) is 2.37. The summed E-state index contributed by atoms with van der Waals surface area (Å²) < 4.78 is 13.0. The summed E-state index contributed by atoms with van der Waals surface area (Å²) in [6.07, 6.45) is 4.58. The maximum absolute atomic E-state index is 13.0. The van der Waals surface area contributed by atoms with Crippen molar-refractivity contribution in [1.29, 1.82) is 0 Å². The fraction of sp³-hybridized carbons (Fsp3) is 0.625. The summed E-state index contributed by atoms with van der Waals surface area (Å²) in [7, 11) is 0. The van der Waals surface area contributed by atoms with Gasteiger partial charge in [-0.05, 0) is 42.9 Å². The standard InChI is InChI=1S/C16H25FN2/c1-11(2)16(12-6-8-13(17)9-7-12)19-15-5-3-4-14(18)10-15/h6-9,11,14-16,19H,3-5,10,18H2,1-2H3. The molecule has 3 unspecified atom stereocenters. The van der Waals surface area contributed by atoms with Crippen LogP contribution in [0.5, 0.6) is 0 Å². The van der Waals surface area contributed by atoms with Crippen molar-refractivity contribution in [2.75, 3.05) is 0 Å². The van der Waals surface area contributed by atoms with E-state index >= 15 is 0 Å². The molecule has 0 bridgehead atoms. The van der Waals surface area contributed by atoms with Gasteiger partial charge in [0.15, 0.2) is 0 Å². The van der Waals surface area contributed by atoms with Crippen LogP contribution >= 0.6 is 0 Å². The van der Waals surface area contributed by atoms with Gasteiger partial charge in [-0.25, -0.2) is 4.39 Å². The fourth-order valence-electron chi connectivity index (χ4n) is 2.98. The summed E-state index contributed by atoms with van der Waals surface area (Å²) in [5.41, 5.74) is 7.21. The first kappa shape index (κ1) is 14.5. The third-order valence-electron chi connectivity index (χ3n) is 4.03. The topological polar surface area (TPSA) is 38.0 Å². The number of hydrogen-bond acceptors (Lipinski definition) is 2. The van der Waals surface area contributed by atoms with Crippen molar-refractivity contribution in [1.82, 2.24) is 5.32 Å². The van der Waals surface area contributed by atoms with E-state index in [1.54, 1.807) is 12.1 Å². The highest BCUT2D eigenvalue weighted by atomic mass is 19.1. The Labute approximate surface area is 115 Å². The lowest BCUT2D eigenvalue weighted by molar-refractivity contribution is 0.283. The van der Waals surface area contributed by atoms with E-state index in [1.807, 2.05) is 12.1 Å². The Morgan fingerprint density at radius 1 is 1.21 bits per heavy atom. The molecule has 0 spiro atoms. The van der Waals surface area contributed by atoms with E-state index in [9.17, 15) is 4.39 Å². The van der Waals surface area contributed by atoms with Crippen LogP contribution in [0.1, 0.15) is 51.1 Å². The molecule has 0 amide bonds. The number of hydrogen-bond donors (Lipinski definition) is 2. The lowest BCUT2D eigenvalue weighted by Gasteiger charge is -2.33. The second-order valence-corrected chi connectivity index (χ2v) is 6.06. The van der Waals surface area contributed by atoms with Crippen LogP contribution in [0.3, 0.4) is 0 Å². The van der Waals surface area contributed by atoms with E-state index in [2.05, 4.69) is 19.2 Å². The van der Waals surface area contributed by atoms with Gasteiger partial charge in [-0.1, -0.05) is 32.4 Å². The Morgan fingerprint density at radius 2 is 1.89 bits per heavy atom. The summed E-state index contributed by atoms with van der Waals surface area (Å²) in [6, 6.07) is 7.94. The van der Waals surface area contributed by atoms with E-state index in [4.69, 9.17) is 5.73 Å². The fourth-order valence-corrected chi connectivity index (χ4v) is 2.98. The maximum atomic E-state index is 13.0. The van der Waals surface area contributed by atoms with Crippen molar-refractivity contribution < 1.29 is 4.39 Å². The highest BCUT2D eigenvalue weighted by Crippen LogP contribution is 2.26. The summed E-state index contributed by atoms with van der Waals surface area (Å²) in [4.78, 5) is 0. The molecule has 1 aromatic carbocycles. The highest BCUT2D eigenvalue weighted by molar-refractivity contribution is 5.20. The van der Waals surface area contributed by atoms with Gasteiger partial charge in [0.25, 0.3) is 0 Å². The first-order valence-corrected chi connectivity index (χ1v) is 7.33. The van der Waals surface area contributed by atoms with Gasteiger partial charge in [0.1, 0.15) is 5.82 Å². The molecular weight excluding hydrogens is 239 g/mol. The van der Waals surface area contributed by atoms with Crippen molar-refractivity contribution in [3.8, 4) is 0 Å². The molecule has 1 aliphatic carbocycles. The smallest absolute Gasteiger partial charge is 0.123 e. The zero-order valence-electron chi connectivity index (χ0n) is 11.9. The molecule has 106 valence electrons. The van der Waals surface area contributed by atoms with Crippen molar-refractivity contribution in [2.45, 2.75) is 57.7 Å². The van der Waals surface area contributed by atoms with Crippen LogP contribution in [0.15, 0.2) is 24.3 Å². The van der Waals surface area contributed by atoms with Crippen molar-refractivity contribution in [3.05, 3.63) is 35.6 Å². The SMILES string of the molecule is CC(C)C(NC1CCCC(N)C1)c1ccc(F)cc1. The molecule has 0 radical (unpaired) electrons. The predicted octanol–water partition coefficient (Wildman–Crippen LogP) is 3.38. The summed E-state index contributed by atoms with van der Waals surface area (Å²) >= 11 is 0. The molecule has 2 nitrogen and oxygen atoms in total. The van der Waals surface area contributed by atoms with Crippen LogP contribution in [-0.2, 0) is 0 Å². The Kier molecular flexibility index (Phi) is 4.94. The molecule has 1 fully saturated rings. The number of halogens is 1. The third-order valence-corrected chi connectivity index (χ3v) is 4.03. The van der Waals surface area contributed by atoms with Crippen LogP contribution in [0.2, 0.25) is 0 Å². The van der Waals surface area contributed by atoms with Gasteiger partial charge in [0.05, 0.1) is 0 Å². The van der Waals surface area contributed by atoms with Crippen LogP contribution in [0, 0.1) is 11.7 Å². The molecule has 1 aromatic rings. The normalized spacial score (nSPS) is 25.5. The molecule has 0 aliphatic heterocycles. The molecule has 19 heavy (non-hydrogen) atoms. The summed E-state index contributed by atoms with van der Waals surface area (Å²) in [5.74, 6) is 0.301. The minimum atomic E-state index is -0.175. The zero-order chi connectivity index (χ0) is 13.8. The van der Waals surface area contributed by atoms with Crippen LogP contribution in [0.4, 0.5) is 4.39 Å². The largest absolute Gasteiger partial charge is 0.328 e. The lowest BCUT2D eigenvalue weighted by atomic mass is 9.88. The monoisotopic (exact) mass is 264 g/mol. The van der Waals surface area contributed by atoms with E-state index in [-0.39, 0.29) is 11.9 Å². The third kappa shape index (κ3) is 4.02. The molecule has 3 N–H and O–H groups in total. The van der Waals surface area contributed by atoms with Gasteiger partial charge < -0.3 is 11.1 Å². The van der Waals surface area contributed by atoms with E-state index in [0.717, 1.165) is 18.4 Å². The van der Waals surface area contributed by atoms with Crippen LogP contribution in [0.25, 0.3) is 0 Å². The van der Waals surface area contributed by atoms with Gasteiger partial charge in [0, 0.05) is 18.1 Å². The number of rotatable bonds is 4. The summed E-state index contributed by atoms with van der Waals surface area (Å²) in [6.45, 7) is 4.40. The average molecular weight is 264 g/mol. The van der Waals surface area contributed by atoms with E-state index in [0.29, 0.717) is 18.0 Å². The molecule has 0 saturated heterocycles. The Balaban J connectivity index is 2.05. The predicted molar refractivity (Wildman–Crippen MR) is 77.3 cm³/mol. The van der Waals surface area contributed by atoms with Crippen molar-refractivity contribution >= 4 is 0 Å². The Morgan fingerprint density at radius 3 is 2.47 bits per heavy atom. The Hall–Kier alpha value is -0.930. The zero-order valence-corrected chi connectivity index (χ0v) is 11.9. The van der Waals surface area contributed by atoms with Crippen LogP contribution in [-0.4, -0.2) is 12.1 Å². The summed E-state index contributed by atoms with van der Waals surface area (Å²) in [5, 5.41) is 3.72. The second kappa shape index (κ2) is 6.49. The second-order valence-electron chi connectivity index (χ2n) is 6.06. The molecule has 1 aliphatic rings. The molecular formula is C16H25FN2.